The lowest BCUT2D eigenvalue weighted by Gasteiger charge is -2.26. The fourth-order valence-corrected chi connectivity index (χ4v) is 2.32. The van der Waals surface area contributed by atoms with Crippen molar-refractivity contribution in [2.45, 2.75) is 52.3 Å². The first-order valence-corrected chi connectivity index (χ1v) is 7.43. The summed E-state index contributed by atoms with van der Waals surface area (Å²) in [6, 6.07) is 5.60. The summed E-state index contributed by atoms with van der Waals surface area (Å²) in [5.41, 5.74) is 8.68. The summed E-state index contributed by atoms with van der Waals surface area (Å²) in [7, 11) is 0. The SMILES string of the molecule is CCCN(CC(F)(F)F)c1ccc(CC(N)CC)c(C)c1. The fraction of sp³-hybridized carbons (Fsp3) is 0.625. The van der Waals surface area contributed by atoms with Gasteiger partial charge in [-0.05, 0) is 49.4 Å². The second kappa shape index (κ2) is 7.69. The van der Waals surface area contributed by atoms with Crippen LogP contribution in [0.1, 0.15) is 37.8 Å². The van der Waals surface area contributed by atoms with Gasteiger partial charge >= 0.3 is 6.18 Å². The molecule has 120 valence electrons. The molecule has 1 atom stereocenters. The van der Waals surface area contributed by atoms with E-state index in [4.69, 9.17) is 5.73 Å². The molecule has 0 spiro atoms. The van der Waals surface area contributed by atoms with E-state index < -0.39 is 12.7 Å². The molecule has 1 unspecified atom stereocenters. The van der Waals surface area contributed by atoms with E-state index in [1.54, 1.807) is 6.07 Å². The van der Waals surface area contributed by atoms with Crippen LogP contribution in [0.15, 0.2) is 18.2 Å². The quantitative estimate of drug-likeness (QED) is 0.823. The number of aryl methyl sites for hydroxylation is 1. The molecule has 0 saturated carbocycles. The van der Waals surface area contributed by atoms with Gasteiger partial charge in [0.2, 0.25) is 0 Å². The molecule has 0 aliphatic rings. The molecule has 0 aliphatic carbocycles. The van der Waals surface area contributed by atoms with Gasteiger partial charge in [0.25, 0.3) is 0 Å². The third-order valence-corrected chi connectivity index (χ3v) is 3.56. The Labute approximate surface area is 125 Å². The van der Waals surface area contributed by atoms with Crippen LogP contribution in [0.5, 0.6) is 0 Å². The number of nitrogens with zero attached hydrogens (tertiary/aromatic N) is 1. The maximum absolute atomic E-state index is 12.7. The molecule has 0 fully saturated rings. The van der Waals surface area contributed by atoms with Gasteiger partial charge < -0.3 is 10.6 Å². The minimum atomic E-state index is -4.19. The summed E-state index contributed by atoms with van der Waals surface area (Å²) in [6.45, 7) is 5.32. The third kappa shape index (κ3) is 5.96. The Bertz CT molecular complexity index is 444. The lowest BCUT2D eigenvalue weighted by Crippen LogP contribution is -2.34. The van der Waals surface area contributed by atoms with E-state index in [9.17, 15) is 13.2 Å². The smallest absolute Gasteiger partial charge is 0.363 e. The highest BCUT2D eigenvalue weighted by molar-refractivity contribution is 5.51. The summed E-state index contributed by atoms with van der Waals surface area (Å²) in [4.78, 5) is 1.39. The molecule has 0 bridgehead atoms. The molecule has 21 heavy (non-hydrogen) atoms. The van der Waals surface area contributed by atoms with Crippen LogP contribution >= 0.6 is 0 Å². The lowest BCUT2D eigenvalue weighted by molar-refractivity contribution is -0.119. The van der Waals surface area contributed by atoms with Gasteiger partial charge in [-0.3, -0.25) is 0 Å². The van der Waals surface area contributed by atoms with Gasteiger partial charge in [-0.15, -0.1) is 0 Å². The van der Waals surface area contributed by atoms with Crippen LogP contribution in [0.4, 0.5) is 18.9 Å². The van der Waals surface area contributed by atoms with Gasteiger partial charge in [-0.1, -0.05) is 19.9 Å². The predicted octanol–water partition coefficient (Wildman–Crippen LogP) is 4.05. The van der Waals surface area contributed by atoms with E-state index in [0.717, 1.165) is 24.0 Å². The Balaban J connectivity index is 2.92. The monoisotopic (exact) mass is 302 g/mol. The predicted molar refractivity (Wildman–Crippen MR) is 81.7 cm³/mol. The Hall–Kier alpha value is -1.23. The summed E-state index contributed by atoms with van der Waals surface area (Å²) in [6.07, 6.45) is -1.86. The third-order valence-electron chi connectivity index (χ3n) is 3.56. The topological polar surface area (TPSA) is 29.3 Å². The highest BCUT2D eigenvalue weighted by atomic mass is 19.4. The van der Waals surface area contributed by atoms with E-state index in [2.05, 4.69) is 0 Å². The standard InChI is InChI=1S/C16H25F3N2/c1-4-8-21(11-16(17,18)19)15-7-6-13(12(3)9-15)10-14(20)5-2/h6-7,9,14H,4-5,8,10-11,20H2,1-3H3. The van der Waals surface area contributed by atoms with Crippen molar-refractivity contribution in [3.63, 3.8) is 0 Å². The molecule has 1 rings (SSSR count). The molecule has 0 aromatic heterocycles. The Morgan fingerprint density at radius 2 is 1.90 bits per heavy atom. The van der Waals surface area contributed by atoms with Crippen molar-refractivity contribution >= 4 is 5.69 Å². The average molecular weight is 302 g/mol. The number of anilines is 1. The van der Waals surface area contributed by atoms with E-state index in [0.29, 0.717) is 18.7 Å². The molecule has 0 amide bonds. The number of benzene rings is 1. The fourth-order valence-electron chi connectivity index (χ4n) is 2.32. The minimum Gasteiger partial charge on any atom is -0.363 e. The molecular formula is C16H25F3N2. The van der Waals surface area contributed by atoms with Crippen LogP contribution < -0.4 is 10.6 Å². The van der Waals surface area contributed by atoms with E-state index in [1.165, 1.54) is 4.90 Å². The molecule has 0 aliphatic heterocycles. The molecule has 0 saturated heterocycles. The van der Waals surface area contributed by atoms with Crippen molar-refractivity contribution in [1.82, 2.24) is 0 Å². The first-order chi connectivity index (χ1) is 9.76. The summed E-state index contributed by atoms with van der Waals surface area (Å²) in [5, 5.41) is 0. The van der Waals surface area contributed by atoms with Gasteiger partial charge in [0.05, 0.1) is 0 Å². The summed E-state index contributed by atoms with van der Waals surface area (Å²) < 4.78 is 38.0. The van der Waals surface area contributed by atoms with Gasteiger partial charge in [-0.2, -0.15) is 13.2 Å². The van der Waals surface area contributed by atoms with E-state index in [1.807, 2.05) is 32.9 Å². The first kappa shape index (κ1) is 17.8. The Morgan fingerprint density at radius 1 is 1.24 bits per heavy atom. The largest absolute Gasteiger partial charge is 0.405 e. The number of hydrogen-bond donors (Lipinski definition) is 1. The van der Waals surface area contributed by atoms with Crippen LogP contribution in [0, 0.1) is 6.92 Å². The van der Waals surface area contributed by atoms with Crippen molar-refractivity contribution in [2.24, 2.45) is 5.73 Å². The second-order valence-electron chi connectivity index (χ2n) is 5.52. The van der Waals surface area contributed by atoms with E-state index in [-0.39, 0.29) is 6.04 Å². The first-order valence-electron chi connectivity index (χ1n) is 7.43. The zero-order chi connectivity index (χ0) is 16.0. The number of rotatable bonds is 7. The minimum absolute atomic E-state index is 0.0940. The molecule has 5 heteroatoms. The number of nitrogens with two attached hydrogens (primary N) is 1. The van der Waals surface area contributed by atoms with Crippen molar-refractivity contribution in [1.29, 1.82) is 0 Å². The Morgan fingerprint density at radius 3 is 2.38 bits per heavy atom. The normalized spacial score (nSPS) is 13.3. The molecule has 0 heterocycles. The van der Waals surface area contributed by atoms with Gasteiger partial charge in [0.1, 0.15) is 6.54 Å². The molecule has 2 nitrogen and oxygen atoms in total. The van der Waals surface area contributed by atoms with Crippen LogP contribution in [0.3, 0.4) is 0 Å². The van der Waals surface area contributed by atoms with Crippen molar-refractivity contribution in [3.8, 4) is 0 Å². The van der Waals surface area contributed by atoms with Gasteiger partial charge in [-0.25, -0.2) is 0 Å². The van der Waals surface area contributed by atoms with Crippen LogP contribution in [-0.2, 0) is 6.42 Å². The van der Waals surface area contributed by atoms with E-state index >= 15 is 0 Å². The van der Waals surface area contributed by atoms with Crippen LogP contribution in [0.25, 0.3) is 0 Å². The Kier molecular flexibility index (Phi) is 6.52. The lowest BCUT2D eigenvalue weighted by atomic mass is 9.99. The maximum atomic E-state index is 12.7. The van der Waals surface area contributed by atoms with Gasteiger partial charge in [0.15, 0.2) is 0 Å². The maximum Gasteiger partial charge on any atom is 0.405 e. The zero-order valence-corrected chi connectivity index (χ0v) is 13.0. The molecule has 1 aromatic carbocycles. The molecule has 1 aromatic rings. The van der Waals surface area contributed by atoms with Crippen molar-refractivity contribution in [3.05, 3.63) is 29.3 Å². The van der Waals surface area contributed by atoms with Crippen LogP contribution in [0.2, 0.25) is 0 Å². The number of hydrogen-bond acceptors (Lipinski definition) is 2. The molecular weight excluding hydrogens is 277 g/mol. The highest BCUT2D eigenvalue weighted by Gasteiger charge is 2.30. The van der Waals surface area contributed by atoms with Gasteiger partial charge in [0, 0.05) is 18.3 Å². The zero-order valence-electron chi connectivity index (χ0n) is 13.0. The summed E-state index contributed by atoms with van der Waals surface area (Å²) in [5.74, 6) is 0. The van der Waals surface area contributed by atoms with Crippen molar-refractivity contribution in [2.75, 3.05) is 18.0 Å². The molecule has 0 radical (unpaired) electrons. The highest BCUT2D eigenvalue weighted by Crippen LogP contribution is 2.25. The number of halogens is 3. The van der Waals surface area contributed by atoms with Crippen molar-refractivity contribution < 1.29 is 13.2 Å². The second-order valence-corrected chi connectivity index (χ2v) is 5.52. The summed E-state index contributed by atoms with van der Waals surface area (Å²) >= 11 is 0. The number of alkyl halides is 3. The average Bonchev–Trinajstić information content (AvgIpc) is 2.39. The van der Waals surface area contributed by atoms with Crippen LogP contribution in [-0.4, -0.2) is 25.3 Å². The molecule has 2 N–H and O–H groups in total.